The fraction of sp³-hybridized carbons (Fsp3) is 0.667. The number of carbonyl (C=O) groups excluding carboxylic acids is 3. The molecule has 0 radical (unpaired) electrons. The van der Waals surface area contributed by atoms with Crippen LogP contribution in [0.4, 0.5) is 9.59 Å². The molecular weight excluding hydrogens is 514 g/mol. The average Bonchev–Trinajstić information content (AvgIpc) is 3.53. The molecule has 0 aliphatic carbocycles. The van der Waals surface area contributed by atoms with E-state index in [1.807, 2.05) is 25.4 Å². The topological polar surface area (TPSA) is 151 Å². The van der Waals surface area contributed by atoms with E-state index in [1.165, 1.54) is 4.90 Å². The van der Waals surface area contributed by atoms with E-state index < -0.39 is 12.1 Å². The molecule has 3 unspecified atom stereocenters. The maximum Gasteiger partial charge on any atom is 0.407 e. The number of nitrogens with one attached hydrogen (secondary N) is 4. The number of aromatic nitrogens is 1. The van der Waals surface area contributed by atoms with Crippen molar-refractivity contribution < 1.29 is 19.1 Å². The molecule has 11 nitrogen and oxygen atoms in total. The third kappa shape index (κ3) is 11.2. The molecule has 4 amide bonds. The maximum absolute atomic E-state index is 12.9. The number of thioether (sulfide) groups is 1. The second-order valence-corrected chi connectivity index (χ2v) is 11.5. The molecule has 6 N–H and O–H groups in total. The summed E-state index contributed by atoms with van der Waals surface area (Å²) < 4.78 is 5.22. The van der Waals surface area contributed by atoms with Crippen molar-refractivity contribution in [2.75, 3.05) is 26.1 Å². The lowest BCUT2D eigenvalue weighted by Crippen LogP contribution is -2.52. The van der Waals surface area contributed by atoms with Gasteiger partial charge in [-0.1, -0.05) is 13.8 Å². The van der Waals surface area contributed by atoms with Gasteiger partial charge in [-0.15, -0.1) is 23.1 Å². The van der Waals surface area contributed by atoms with Gasteiger partial charge >= 0.3 is 12.1 Å². The highest BCUT2D eigenvalue weighted by Gasteiger charge is 2.24. The molecule has 1 aliphatic rings. The minimum absolute atomic E-state index is 0.120. The molecule has 1 aromatic heterocycles. The van der Waals surface area contributed by atoms with Crippen LogP contribution in [0.5, 0.6) is 0 Å². The fourth-order valence-corrected chi connectivity index (χ4v) is 4.94. The number of nitrogens with two attached hydrogens (primary N) is 1. The molecule has 3 atom stereocenters. The Labute approximate surface area is 227 Å². The number of rotatable bonds is 14. The second kappa shape index (κ2) is 15.7. The molecule has 0 saturated heterocycles. The monoisotopic (exact) mass is 555 g/mol. The van der Waals surface area contributed by atoms with Crippen LogP contribution >= 0.6 is 23.1 Å². The molecule has 0 aromatic carbocycles. The summed E-state index contributed by atoms with van der Waals surface area (Å²) in [6.45, 7) is 8.79. The molecule has 0 fully saturated rings. The van der Waals surface area contributed by atoms with Crippen molar-refractivity contribution >= 4 is 41.1 Å². The molecule has 37 heavy (non-hydrogen) atoms. The van der Waals surface area contributed by atoms with Gasteiger partial charge in [-0.25, -0.2) is 14.6 Å². The standard InChI is InChI=1S/C24H41N7O4S2/c1-15(2)22-29-18(13-36-22)11-31(5)23(33)30-20(8-9-25)21(32)27-16(3)6-7-17(4)28-24(34)35-12-19-10-26-14-37-19/h10,13,15-17,20,26H,6-9,11-12,14,25H2,1-5H3,(H,27,32)(H,28,34)(H,30,33). The van der Waals surface area contributed by atoms with Crippen LogP contribution in [0.2, 0.25) is 0 Å². The summed E-state index contributed by atoms with van der Waals surface area (Å²) in [6, 6.07) is -1.38. The normalized spacial score (nSPS) is 15.3. The predicted octanol–water partition coefficient (Wildman–Crippen LogP) is 2.66. The van der Waals surface area contributed by atoms with E-state index >= 15 is 0 Å². The van der Waals surface area contributed by atoms with Crippen molar-refractivity contribution in [3.8, 4) is 0 Å². The summed E-state index contributed by atoms with van der Waals surface area (Å²) in [7, 11) is 1.67. The Morgan fingerprint density at radius 2 is 1.84 bits per heavy atom. The Kier molecular flexibility index (Phi) is 13.0. The number of amides is 4. The van der Waals surface area contributed by atoms with Crippen LogP contribution in [0.3, 0.4) is 0 Å². The summed E-state index contributed by atoms with van der Waals surface area (Å²) in [5, 5.41) is 14.6. The molecule has 2 rings (SSSR count). The van der Waals surface area contributed by atoms with E-state index in [4.69, 9.17) is 10.5 Å². The smallest absolute Gasteiger partial charge is 0.407 e. The Bertz CT molecular complexity index is 925. The van der Waals surface area contributed by atoms with Crippen molar-refractivity contribution in [1.82, 2.24) is 31.2 Å². The van der Waals surface area contributed by atoms with Crippen molar-refractivity contribution in [2.24, 2.45) is 5.73 Å². The van der Waals surface area contributed by atoms with E-state index in [9.17, 15) is 14.4 Å². The molecule has 0 bridgehead atoms. The van der Waals surface area contributed by atoms with Crippen LogP contribution in [0.15, 0.2) is 16.5 Å². The first-order valence-corrected chi connectivity index (χ1v) is 14.4. The Balaban J connectivity index is 1.74. The summed E-state index contributed by atoms with van der Waals surface area (Å²) in [6.07, 6.45) is 2.99. The highest BCUT2D eigenvalue weighted by molar-refractivity contribution is 8.03. The second-order valence-electron chi connectivity index (χ2n) is 9.48. The highest BCUT2D eigenvalue weighted by atomic mass is 32.2. The fourth-order valence-electron chi connectivity index (χ4n) is 3.45. The zero-order chi connectivity index (χ0) is 27.4. The SMILES string of the molecule is CC(CCC(C)NC(=O)C(CCN)NC(=O)N(C)Cc1csc(C(C)C)n1)NC(=O)OCC1=CNCS1. The first-order valence-electron chi connectivity index (χ1n) is 12.5. The van der Waals surface area contributed by atoms with Gasteiger partial charge in [0.2, 0.25) is 5.91 Å². The first kappa shape index (κ1) is 30.7. The minimum Gasteiger partial charge on any atom is -0.444 e. The van der Waals surface area contributed by atoms with Crippen LogP contribution in [0, 0.1) is 0 Å². The van der Waals surface area contributed by atoms with Gasteiger partial charge in [-0.2, -0.15) is 0 Å². The number of alkyl carbamates (subject to hydrolysis) is 1. The number of urea groups is 1. The van der Waals surface area contributed by atoms with Crippen molar-refractivity contribution in [3.05, 3.63) is 27.2 Å². The van der Waals surface area contributed by atoms with E-state index in [1.54, 1.807) is 30.1 Å². The first-order chi connectivity index (χ1) is 17.6. The maximum atomic E-state index is 12.9. The quantitative estimate of drug-likeness (QED) is 0.235. The van der Waals surface area contributed by atoms with E-state index in [2.05, 4.69) is 40.1 Å². The molecule has 208 valence electrons. The molecule has 0 saturated carbocycles. The number of thiazole rings is 1. The van der Waals surface area contributed by atoms with Gasteiger partial charge in [-0.3, -0.25) is 4.79 Å². The molecule has 0 spiro atoms. The van der Waals surface area contributed by atoms with Crippen LogP contribution in [-0.2, 0) is 16.1 Å². The van der Waals surface area contributed by atoms with E-state index in [-0.39, 0.29) is 37.2 Å². The third-order valence-corrected chi connectivity index (χ3v) is 7.73. The van der Waals surface area contributed by atoms with Gasteiger partial charge in [0.15, 0.2) is 0 Å². The number of ether oxygens (including phenoxy) is 1. The highest BCUT2D eigenvalue weighted by Crippen LogP contribution is 2.20. The van der Waals surface area contributed by atoms with Gasteiger partial charge in [0.25, 0.3) is 0 Å². The molecule has 1 aliphatic heterocycles. The molecule has 13 heteroatoms. The molecular formula is C24H41N7O4S2. The lowest BCUT2D eigenvalue weighted by Gasteiger charge is -2.24. The number of hydrogen-bond acceptors (Lipinski definition) is 9. The van der Waals surface area contributed by atoms with Gasteiger partial charge in [0.1, 0.15) is 12.6 Å². The number of carbonyl (C=O) groups is 3. The van der Waals surface area contributed by atoms with Crippen molar-refractivity contribution in [2.45, 2.75) is 77.5 Å². The number of nitrogens with zero attached hydrogens (tertiary/aromatic N) is 2. The molecule has 2 heterocycles. The van der Waals surface area contributed by atoms with Crippen LogP contribution in [0.1, 0.15) is 63.6 Å². The third-order valence-electron chi connectivity index (χ3n) is 5.61. The summed E-state index contributed by atoms with van der Waals surface area (Å²) >= 11 is 3.18. The van der Waals surface area contributed by atoms with Crippen LogP contribution in [0.25, 0.3) is 0 Å². The van der Waals surface area contributed by atoms with Crippen molar-refractivity contribution in [3.63, 3.8) is 0 Å². The van der Waals surface area contributed by atoms with Gasteiger partial charge in [0.05, 0.1) is 23.1 Å². The minimum atomic E-state index is -0.744. The van der Waals surface area contributed by atoms with Gasteiger partial charge in [0, 0.05) is 41.5 Å². The van der Waals surface area contributed by atoms with Gasteiger partial charge < -0.3 is 36.6 Å². The predicted molar refractivity (Wildman–Crippen MR) is 148 cm³/mol. The summed E-state index contributed by atoms with van der Waals surface area (Å²) in [4.78, 5) is 44.6. The Morgan fingerprint density at radius 1 is 1.14 bits per heavy atom. The zero-order valence-electron chi connectivity index (χ0n) is 22.3. The van der Waals surface area contributed by atoms with Crippen molar-refractivity contribution in [1.29, 1.82) is 0 Å². The van der Waals surface area contributed by atoms with Gasteiger partial charge in [-0.05, 0) is 39.7 Å². The zero-order valence-corrected chi connectivity index (χ0v) is 24.0. The largest absolute Gasteiger partial charge is 0.444 e. The van der Waals surface area contributed by atoms with E-state index in [0.29, 0.717) is 31.7 Å². The summed E-state index contributed by atoms with van der Waals surface area (Å²) in [5.74, 6) is 0.839. The van der Waals surface area contributed by atoms with Crippen LogP contribution in [-0.4, -0.2) is 72.1 Å². The Morgan fingerprint density at radius 3 is 2.43 bits per heavy atom. The molecule has 1 aromatic rings. The lowest BCUT2D eigenvalue weighted by molar-refractivity contribution is -0.123. The Hall–Kier alpha value is -2.51. The van der Waals surface area contributed by atoms with E-state index in [0.717, 1.165) is 21.5 Å². The average molecular weight is 556 g/mol. The number of hydrogen-bond donors (Lipinski definition) is 5. The lowest BCUT2D eigenvalue weighted by atomic mass is 10.1. The summed E-state index contributed by atoms with van der Waals surface area (Å²) in [5.41, 5.74) is 6.52. The van der Waals surface area contributed by atoms with Crippen LogP contribution < -0.4 is 27.0 Å².